The van der Waals surface area contributed by atoms with Gasteiger partial charge in [-0.2, -0.15) is 0 Å². The molecule has 0 fully saturated rings. The normalized spacial score (nSPS) is 12.3. The SMILES string of the molecule is COc1ccc(C(N)c2cccc(Cl)c2C)c(F)c1. The van der Waals surface area contributed by atoms with Crippen LogP contribution in [0.25, 0.3) is 0 Å². The third-order valence-corrected chi connectivity index (χ3v) is 3.60. The first-order valence-corrected chi connectivity index (χ1v) is 6.26. The van der Waals surface area contributed by atoms with Crippen LogP contribution < -0.4 is 10.5 Å². The minimum atomic E-state index is -0.551. The topological polar surface area (TPSA) is 35.2 Å². The Morgan fingerprint density at radius 2 is 1.95 bits per heavy atom. The van der Waals surface area contributed by atoms with E-state index < -0.39 is 6.04 Å². The van der Waals surface area contributed by atoms with E-state index in [2.05, 4.69) is 0 Å². The number of halogens is 2. The lowest BCUT2D eigenvalue weighted by molar-refractivity contribution is 0.410. The molecule has 0 amide bonds. The molecule has 0 bridgehead atoms. The Labute approximate surface area is 117 Å². The quantitative estimate of drug-likeness (QED) is 0.926. The van der Waals surface area contributed by atoms with Crippen molar-refractivity contribution in [3.05, 3.63) is 63.9 Å². The van der Waals surface area contributed by atoms with Gasteiger partial charge in [-0.25, -0.2) is 4.39 Å². The summed E-state index contributed by atoms with van der Waals surface area (Å²) in [6.45, 7) is 1.87. The van der Waals surface area contributed by atoms with E-state index in [1.807, 2.05) is 19.1 Å². The minimum Gasteiger partial charge on any atom is -0.497 e. The molecule has 0 aromatic heterocycles. The van der Waals surface area contributed by atoms with Gasteiger partial charge >= 0.3 is 0 Å². The molecule has 2 aromatic carbocycles. The first-order valence-electron chi connectivity index (χ1n) is 5.88. The number of benzene rings is 2. The molecule has 2 N–H and O–H groups in total. The van der Waals surface area contributed by atoms with Gasteiger partial charge < -0.3 is 10.5 Å². The molecule has 100 valence electrons. The second-order valence-corrected chi connectivity index (χ2v) is 4.73. The van der Waals surface area contributed by atoms with Gasteiger partial charge in [0.1, 0.15) is 11.6 Å². The van der Waals surface area contributed by atoms with Crippen molar-refractivity contribution in [2.24, 2.45) is 5.73 Å². The van der Waals surface area contributed by atoms with Crippen molar-refractivity contribution in [1.29, 1.82) is 0 Å². The number of hydrogen-bond acceptors (Lipinski definition) is 2. The molecule has 0 saturated heterocycles. The second kappa shape index (κ2) is 5.59. The van der Waals surface area contributed by atoms with Gasteiger partial charge in [-0.3, -0.25) is 0 Å². The summed E-state index contributed by atoms with van der Waals surface area (Å²) in [6.07, 6.45) is 0. The molecule has 0 aliphatic rings. The fraction of sp³-hybridized carbons (Fsp3) is 0.200. The molecule has 2 nitrogen and oxygen atoms in total. The molecule has 0 heterocycles. The average molecular weight is 280 g/mol. The second-order valence-electron chi connectivity index (χ2n) is 4.32. The highest BCUT2D eigenvalue weighted by Crippen LogP contribution is 2.29. The molecule has 0 aliphatic heterocycles. The van der Waals surface area contributed by atoms with Crippen molar-refractivity contribution >= 4 is 11.6 Å². The fourth-order valence-corrected chi connectivity index (χ4v) is 2.20. The van der Waals surface area contributed by atoms with Crippen molar-refractivity contribution in [2.75, 3.05) is 7.11 Å². The molecule has 2 rings (SSSR count). The Kier molecular flexibility index (Phi) is 4.08. The number of rotatable bonds is 3. The molecular formula is C15H15ClFNO. The van der Waals surface area contributed by atoms with Crippen LogP contribution in [0, 0.1) is 12.7 Å². The van der Waals surface area contributed by atoms with Gasteiger partial charge in [-0.1, -0.05) is 29.8 Å². The van der Waals surface area contributed by atoms with Crippen LogP contribution in [0.5, 0.6) is 5.75 Å². The van der Waals surface area contributed by atoms with Crippen LogP contribution in [0.2, 0.25) is 5.02 Å². The molecule has 1 atom stereocenters. The largest absolute Gasteiger partial charge is 0.497 e. The van der Waals surface area contributed by atoms with Crippen LogP contribution in [0.4, 0.5) is 4.39 Å². The predicted molar refractivity (Wildman–Crippen MR) is 75.2 cm³/mol. The summed E-state index contributed by atoms with van der Waals surface area (Å²) in [7, 11) is 1.50. The molecule has 0 aliphatic carbocycles. The number of nitrogens with two attached hydrogens (primary N) is 1. The van der Waals surface area contributed by atoms with Crippen LogP contribution in [0.3, 0.4) is 0 Å². The standard InChI is InChI=1S/C15H15ClFNO/c1-9-11(4-3-5-13(9)16)15(18)12-7-6-10(19-2)8-14(12)17/h3-8,15H,18H2,1-2H3. The summed E-state index contributed by atoms with van der Waals surface area (Å²) < 4.78 is 19.0. The van der Waals surface area contributed by atoms with Crippen LogP contribution in [-0.4, -0.2) is 7.11 Å². The Balaban J connectivity index is 2.44. The summed E-state index contributed by atoms with van der Waals surface area (Å²) >= 11 is 6.06. The zero-order valence-electron chi connectivity index (χ0n) is 10.8. The number of hydrogen-bond donors (Lipinski definition) is 1. The molecule has 2 aromatic rings. The van der Waals surface area contributed by atoms with Crippen molar-refractivity contribution in [1.82, 2.24) is 0 Å². The fourth-order valence-electron chi connectivity index (χ4n) is 2.02. The van der Waals surface area contributed by atoms with Crippen LogP contribution in [0.15, 0.2) is 36.4 Å². The first-order chi connectivity index (χ1) is 9.04. The summed E-state index contributed by atoms with van der Waals surface area (Å²) in [4.78, 5) is 0. The van der Waals surface area contributed by atoms with E-state index in [4.69, 9.17) is 22.1 Å². The molecule has 4 heteroatoms. The van der Waals surface area contributed by atoms with E-state index >= 15 is 0 Å². The minimum absolute atomic E-state index is 0.383. The Morgan fingerprint density at radius 3 is 2.58 bits per heavy atom. The highest BCUT2D eigenvalue weighted by atomic mass is 35.5. The lowest BCUT2D eigenvalue weighted by atomic mass is 9.95. The maximum Gasteiger partial charge on any atom is 0.132 e. The van der Waals surface area contributed by atoms with Crippen molar-refractivity contribution in [3.63, 3.8) is 0 Å². The highest BCUT2D eigenvalue weighted by Gasteiger charge is 2.17. The predicted octanol–water partition coefficient (Wildman–Crippen LogP) is 3.84. The smallest absolute Gasteiger partial charge is 0.132 e. The van der Waals surface area contributed by atoms with Crippen LogP contribution in [-0.2, 0) is 0 Å². The van der Waals surface area contributed by atoms with Gasteiger partial charge in [-0.15, -0.1) is 0 Å². The molecule has 0 spiro atoms. The Hall–Kier alpha value is -1.58. The number of ether oxygens (including phenoxy) is 1. The van der Waals surface area contributed by atoms with Crippen LogP contribution >= 0.6 is 11.6 Å². The molecule has 0 radical (unpaired) electrons. The number of methoxy groups -OCH3 is 1. The van der Waals surface area contributed by atoms with Gasteiger partial charge in [0.15, 0.2) is 0 Å². The lowest BCUT2D eigenvalue weighted by Gasteiger charge is -2.17. The molecule has 0 saturated carbocycles. The van der Waals surface area contributed by atoms with Gasteiger partial charge in [-0.05, 0) is 30.2 Å². The van der Waals surface area contributed by atoms with Gasteiger partial charge in [0, 0.05) is 16.7 Å². The average Bonchev–Trinajstić information content (AvgIpc) is 2.41. The van der Waals surface area contributed by atoms with Crippen molar-refractivity contribution in [2.45, 2.75) is 13.0 Å². The van der Waals surface area contributed by atoms with Crippen molar-refractivity contribution < 1.29 is 9.13 Å². The van der Waals surface area contributed by atoms with E-state index in [9.17, 15) is 4.39 Å². The van der Waals surface area contributed by atoms with E-state index in [-0.39, 0.29) is 5.82 Å². The van der Waals surface area contributed by atoms with Gasteiger partial charge in [0.25, 0.3) is 0 Å². The highest BCUT2D eigenvalue weighted by molar-refractivity contribution is 6.31. The third-order valence-electron chi connectivity index (χ3n) is 3.19. The van der Waals surface area contributed by atoms with Crippen LogP contribution in [0.1, 0.15) is 22.7 Å². The van der Waals surface area contributed by atoms with E-state index in [0.29, 0.717) is 16.3 Å². The molecule has 19 heavy (non-hydrogen) atoms. The zero-order valence-corrected chi connectivity index (χ0v) is 11.5. The Morgan fingerprint density at radius 1 is 1.21 bits per heavy atom. The van der Waals surface area contributed by atoms with Gasteiger partial charge in [0.05, 0.1) is 13.2 Å². The van der Waals surface area contributed by atoms with Crippen molar-refractivity contribution in [3.8, 4) is 5.75 Å². The lowest BCUT2D eigenvalue weighted by Crippen LogP contribution is -2.15. The maximum absolute atomic E-state index is 14.0. The maximum atomic E-state index is 14.0. The Bertz CT molecular complexity index is 601. The molecule has 1 unspecified atom stereocenters. The summed E-state index contributed by atoms with van der Waals surface area (Å²) in [6, 6.07) is 9.57. The summed E-state index contributed by atoms with van der Waals surface area (Å²) in [5.41, 5.74) is 8.25. The summed E-state index contributed by atoms with van der Waals surface area (Å²) in [5, 5.41) is 0.627. The third kappa shape index (κ3) is 2.72. The molecular weight excluding hydrogens is 265 g/mol. The van der Waals surface area contributed by atoms with E-state index in [0.717, 1.165) is 11.1 Å². The monoisotopic (exact) mass is 279 g/mol. The van der Waals surface area contributed by atoms with Gasteiger partial charge in [0.2, 0.25) is 0 Å². The zero-order chi connectivity index (χ0) is 14.0. The van der Waals surface area contributed by atoms with E-state index in [1.165, 1.54) is 13.2 Å². The van der Waals surface area contributed by atoms with E-state index in [1.54, 1.807) is 18.2 Å². The summed E-state index contributed by atoms with van der Waals surface area (Å²) in [5.74, 6) is 0.0856. The first kappa shape index (κ1) is 13.8.